The van der Waals surface area contributed by atoms with Gasteiger partial charge in [-0.05, 0) is 20.3 Å². The first kappa shape index (κ1) is 11.6. The Morgan fingerprint density at radius 3 is 2.81 bits per heavy atom. The van der Waals surface area contributed by atoms with Crippen molar-refractivity contribution in [1.82, 2.24) is 9.97 Å². The van der Waals surface area contributed by atoms with Gasteiger partial charge in [0.25, 0.3) is 0 Å². The molecule has 1 fully saturated rings. The number of rotatable bonds is 2. The molecule has 88 valence electrons. The molecule has 0 aliphatic carbocycles. The van der Waals surface area contributed by atoms with E-state index in [4.69, 9.17) is 11.6 Å². The quantitative estimate of drug-likeness (QED) is 0.802. The third-order valence-electron chi connectivity index (χ3n) is 3.13. The maximum absolute atomic E-state index is 9.95. The van der Waals surface area contributed by atoms with Crippen molar-refractivity contribution in [3.8, 4) is 0 Å². The van der Waals surface area contributed by atoms with Gasteiger partial charge < -0.3 is 10.0 Å². The summed E-state index contributed by atoms with van der Waals surface area (Å²) in [7, 11) is 0. The van der Waals surface area contributed by atoms with Crippen LogP contribution < -0.4 is 4.90 Å². The lowest BCUT2D eigenvalue weighted by molar-refractivity contribution is 0.0263. The lowest BCUT2D eigenvalue weighted by Gasteiger charge is -2.25. The average Bonchev–Trinajstić information content (AvgIpc) is 2.65. The number of hydrogen-bond donors (Lipinski definition) is 1. The fourth-order valence-corrected chi connectivity index (χ4v) is 2.18. The van der Waals surface area contributed by atoms with Crippen LogP contribution in [0, 0.1) is 5.92 Å². The third-order valence-corrected chi connectivity index (χ3v) is 3.34. The summed E-state index contributed by atoms with van der Waals surface area (Å²) < 4.78 is 0. The Morgan fingerprint density at radius 2 is 2.25 bits per heavy atom. The summed E-state index contributed by atoms with van der Waals surface area (Å²) in [5.74, 6) is 1.12. The van der Waals surface area contributed by atoms with Crippen LogP contribution in [0.25, 0.3) is 0 Å². The molecule has 0 aromatic carbocycles. The van der Waals surface area contributed by atoms with Crippen LogP contribution in [-0.4, -0.2) is 33.8 Å². The van der Waals surface area contributed by atoms with Gasteiger partial charge in [-0.2, -0.15) is 0 Å². The molecule has 0 spiro atoms. The minimum Gasteiger partial charge on any atom is -0.390 e. The Labute approximate surface area is 100 Å². The first-order valence-corrected chi connectivity index (χ1v) is 5.79. The molecule has 1 atom stereocenters. The molecule has 4 nitrogen and oxygen atoms in total. The summed E-state index contributed by atoms with van der Waals surface area (Å²) in [5, 5.41) is 10.4. The van der Waals surface area contributed by atoms with Gasteiger partial charge in [-0.1, -0.05) is 11.6 Å². The smallest absolute Gasteiger partial charge is 0.134 e. The minimum absolute atomic E-state index is 0.279. The lowest BCUT2D eigenvalue weighted by atomic mass is 9.90. The van der Waals surface area contributed by atoms with Crippen molar-refractivity contribution in [1.29, 1.82) is 0 Å². The Balaban J connectivity index is 2.09. The zero-order valence-corrected chi connectivity index (χ0v) is 10.3. The van der Waals surface area contributed by atoms with Crippen molar-refractivity contribution in [2.24, 2.45) is 5.92 Å². The molecule has 0 saturated carbocycles. The second-order valence-electron chi connectivity index (χ2n) is 4.78. The largest absolute Gasteiger partial charge is 0.390 e. The predicted molar refractivity (Wildman–Crippen MR) is 63.7 cm³/mol. The highest BCUT2D eigenvalue weighted by Crippen LogP contribution is 2.29. The Bertz CT molecular complexity index is 378. The van der Waals surface area contributed by atoms with Crippen molar-refractivity contribution in [2.45, 2.75) is 25.9 Å². The fourth-order valence-electron chi connectivity index (χ4n) is 2.04. The van der Waals surface area contributed by atoms with E-state index in [1.807, 2.05) is 13.8 Å². The predicted octanol–water partition coefficient (Wildman–Crippen LogP) is 1.73. The summed E-state index contributed by atoms with van der Waals surface area (Å²) in [6.45, 7) is 5.43. The van der Waals surface area contributed by atoms with Crippen molar-refractivity contribution in [2.75, 3.05) is 18.0 Å². The number of nitrogens with zero attached hydrogens (tertiary/aromatic N) is 3. The summed E-state index contributed by atoms with van der Waals surface area (Å²) in [6, 6.07) is 1.76. The maximum Gasteiger partial charge on any atom is 0.134 e. The van der Waals surface area contributed by atoms with Gasteiger partial charge in [0, 0.05) is 25.1 Å². The first-order chi connectivity index (χ1) is 7.47. The van der Waals surface area contributed by atoms with Crippen molar-refractivity contribution < 1.29 is 5.11 Å². The monoisotopic (exact) mass is 241 g/mol. The van der Waals surface area contributed by atoms with E-state index >= 15 is 0 Å². The molecule has 0 amide bonds. The second kappa shape index (κ2) is 4.18. The van der Waals surface area contributed by atoms with Gasteiger partial charge in [-0.3, -0.25) is 0 Å². The van der Waals surface area contributed by atoms with Crippen LogP contribution in [0.3, 0.4) is 0 Å². The SMILES string of the molecule is CC(C)(O)[C@@H]1CCN(c2cc(Cl)ncn2)C1. The summed E-state index contributed by atoms with van der Waals surface area (Å²) in [5.41, 5.74) is -0.633. The highest BCUT2D eigenvalue weighted by atomic mass is 35.5. The van der Waals surface area contributed by atoms with Gasteiger partial charge in [0.05, 0.1) is 5.60 Å². The van der Waals surface area contributed by atoms with Crippen LogP contribution in [0.2, 0.25) is 5.15 Å². The normalized spacial score (nSPS) is 21.5. The van der Waals surface area contributed by atoms with E-state index in [1.54, 1.807) is 6.07 Å². The highest BCUT2D eigenvalue weighted by Gasteiger charge is 2.33. The highest BCUT2D eigenvalue weighted by molar-refractivity contribution is 6.29. The van der Waals surface area contributed by atoms with E-state index in [0.29, 0.717) is 5.15 Å². The Morgan fingerprint density at radius 1 is 1.50 bits per heavy atom. The van der Waals surface area contributed by atoms with Gasteiger partial charge in [-0.25, -0.2) is 9.97 Å². The molecular formula is C11H16ClN3O. The summed E-state index contributed by atoms with van der Waals surface area (Å²) in [4.78, 5) is 10.2. The van der Waals surface area contributed by atoms with Gasteiger partial charge in [0.2, 0.25) is 0 Å². The van der Waals surface area contributed by atoms with Gasteiger partial charge in [0.1, 0.15) is 17.3 Å². The van der Waals surface area contributed by atoms with Crippen LogP contribution in [0.4, 0.5) is 5.82 Å². The summed E-state index contributed by atoms with van der Waals surface area (Å²) in [6.07, 6.45) is 2.44. The van der Waals surface area contributed by atoms with E-state index in [2.05, 4.69) is 14.9 Å². The number of aliphatic hydroxyl groups is 1. The second-order valence-corrected chi connectivity index (χ2v) is 5.17. The molecule has 0 radical (unpaired) electrons. The number of hydrogen-bond acceptors (Lipinski definition) is 4. The van der Waals surface area contributed by atoms with Crippen LogP contribution in [0.5, 0.6) is 0 Å². The van der Waals surface area contributed by atoms with Gasteiger partial charge >= 0.3 is 0 Å². The molecule has 0 unspecified atom stereocenters. The van der Waals surface area contributed by atoms with Crippen molar-refractivity contribution >= 4 is 17.4 Å². The van der Waals surface area contributed by atoms with Crippen LogP contribution >= 0.6 is 11.6 Å². The Hall–Kier alpha value is -0.870. The maximum atomic E-state index is 9.95. The molecular weight excluding hydrogens is 226 g/mol. The molecule has 1 saturated heterocycles. The lowest BCUT2D eigenvalue weighted by Crippen LogP contribution is -2.33. The fraction of sp³-hybridized carbons (Fsp3) is 0.636. The van der Waals surface area contributed by atoms with E-state index < -0.39 is 5.60 Å². The first-order valence-electron chi connectivity index (χ1n) is 5.41. The molecule has 2 rings (SSSR count). The van der Waals surface area contributed by atoms with Crippen LogP contribution in [0.15, 0.2) is 12.4 Å². The van der Waals surface area contributed by atoms with E-state index in [0.717, 1.165) is 25.3 Å². The Kier molecular flexibility index (Phi) is 3.04. The van der Waals surface area contributed by atoms with Crippen LogP contribution in [0.1, 0.15) is 20.3 Å². The summed E-state index contributed by atoms with van der Waals surface area (Å²) >= 11 is 5.82. The molecule has 5 heteroatoms. The van der Waals surface area contributed by atoms with Gasteiger partial charge in [-0.15, -0.1) is 0 Å². The van der Waals surface area contributed by atoms with E-state index in [9.17, 15) is 5.11 Å². The number of halogens is 1. The molecule has 0 bridgehead atoms. The topological polar surface area (TPSA) is 49.2 Å². The van der Waals surface area contributed by atoms with E-state index in [1.165, 1.54) is 6.33 Å². The average molecular weight is 242 g/mol. The zero-order chi connectivity index (χ0) is 11.8. The molecule has 1 aliphatic heterocycles. The molecule has 2 heterocycles. The van der Waals surface area contributed by atoms with Crippen molar-refractivity contribution in [3.05, 3.63) is 17.5 Å². The molecule has 1 aromatic heterocycles. The van der Waals surface area contributed by atoms with E-state index in [-0.39, 0.29) is 5.92 Å². The van der Waals surface area contributed by atoms with Crippen LogP contribution in [-0.2, 0) is 0 Å². The number of anilines is 1. The zero-order valence-electron chi connectivity index (χ0n) is 9.52. The van der Waals surface area contributed by atoms with Gasteiger partial charge in [0.15, 0.2) is 0 Å². The third kappa shape index (κ3) is 2.44. The number of aromatic nitrogens is 2. The molecule has 16 heavy (non-hydrogen) atoms. The standard InChI is InChI=1S/C11H16ClN3O/c1-11(2,16)8-3-4-15(6-8)10-5-9(12)13-7-14-10/h5,7-8,16H,3-4,6H2,1-2H3/t8-/m1/s1. The molecule has 1 N–H and O–H groups in total. The van der Waals surface area contributed by atoms with Crippen molar-refractivity contribution in [3.63, 3.8) is 0 Å². The minimum atomic E-state index is -0.633. The molecule has 1 aliphatic rings. The molecule has 1 aromatic rings.